The van der Waals surface area contributed by atoms with Gasteiger partial charge in [0.05, 0.1) is 4.90 Å². The molecule has 114 valence electrons. The summed E-state index contributed by atoms with van der Waals surface area (Å²) in [5, 5.41) is 0. The number of aromatic nitrogens is 1. The van der Waals surface area contributed by atoms with E-state index >= 15 is 0 Å². The van der Waals surface area contributed by atoms with Gasteiger partial charge in [-0.25, -0.2) is 13.1 Å². The average Bonchev–Trinajstić information content (AvgIpc) is 2.76. The lowest BCUT2D eigenvalue weighted by Gasteiger charge is -2.22. The molecule has 0 radical (unpaired) electrons. The minimum atomic E-state index is -3.41. The molecule has 2 rings (SSSR count). The maximum absolute atomic E-state index is 12.2. The highest BCUT2D eigenvalue weighted by Crippen LogP contribution is 2.25. The summed E-state index contributed by atoms with van der Waals surface area (Å²) < 4.78 is 29.2. The molecule has 0 unspecified atom stereocenters. The molecule has 0 saturated heterocycles. The van der Waals surface area contributed by atoms with Crippen molar-refractivity contribution in [1.82, 2.24) is 9.29 Å². The lowest BCUT2D eigenvalue weighted by Crippen LogP contribution is -2.40. The number of rotatable bonds is 4. The molecule has 1 aliphatic carbocycles. The lowest BCUT2D eigenvalue weighted by molar-refractivity contribution is 0.319. The molecule has 0 amide bonds. The van der Waals surface area contributed by atoms with Crippen LogP contribution in [0.5, 0.6) is 0 Å². The summed E-state index contributed by atoms with van der Waals surface area (Å²) in [6.07, 6.45) is 10.1. The summed E-state index contributed by atoms with van der Waals surface area (Å²) in [5.41, 5.74) is -0.454. The molecular weight excluding hydrogens is 272 g/mol. The fraction of sp³-hybridized carbons (Fsp3) is 0.733. The molecule has 0 bridgehead atoms. The smallest absolute Gasteiger partial charge is 0.242 e. The monoisotopic (exact) mass is 298 g/mol. The fourth-order valence-corrected chi connectivity index (χ4v) is 4.26. The topological polar surface area (TPSA) is 51.1 Å². The Morgan fingerprint density at radius 3 is 2.50 bits per heavy atom. The van der Waals surface area contributed by atoms with E-state index in [0.29, 0.717) is 10.8 Å². The number of nitrogens with one attached hydrogen (secondary N) is 1. The van der Waals surface area contributed by atoms with Crippen molar-refractivity contribution >= 4 is 10.0 Å². The minimum Gasteiger partial charge on any atom is -0.353 e. The Labute approximate surface area is 122 Å². The van der Waals surface area contributed by atoms with Gasteiger partial charge in [0.1, 0.15) is 0 Å². The molecule has 1 aromatic heterocycles. The zero-order chi connectivity index (χ0) is 14.8. The highest BCUT2D eigenvalue weighted by molar-refractivity contribution is 7.89. The minimum absolute atomic E-state index is 0.364. The van der Waals surface area contributed by atoms with E-state index in [-0.39, 0.29) is 0 Å². The Bertz CT molecular complexity index is 534. The van der Waals surface area contributed by atoms with Gasteiger partial charge >= 0.3 is 0 Å². The molecule has 1 saturated carbocycles. The SMILES string of the molecule is CC(C)(C)NS(=O)(=O)c1ccn(CC2CCCCC2)c1. The Morgan fingerprint density at radius 1 is 1.25 bits per heavy atom. The molecule has 1 aromatic rings. The number of sulfonamides is 1. The summed E-state index contributed by atoms with van der Waals surface area (Å²) in [6, 6.07) is 1.69. The Kier molecular flexibility index (Phi) is 4.59. The van der Waals surface area contributed by atoms with Crippen LogP contribution in [0.25, 0.3) is 0 Å². The normalized spacial score (nSPS) is 18.4. The quantitative estimate of drug-likeness (QED) is 0.928. The first kappa shape index (κ1) is 15.6. The van der Waals surface area contributed by atoms with Crippen molar-refractivity contribution in [3.05, 3.63) is 18.5 Å². The Balaban J connectivity index is 2.04. The van der Waals surface area contributed by atoms with Crippen molar-refractivity contribution in [2.75, 3.05) is 0 Å². The third-order valence-corrected chi connectivity index (χ3v) is 5.41. The Morgan fingerprint density at radius 2 is 1.90 bits per heavy atom. The fourth-order valence-electron chi connectivity index (χ4n) is 2.82. The third kappa shape index (κ3) is 4.35. The van der Waals surface area contributed by atoms with Crippen molar-refractivity contribution in [3.8, 4) is 0 Å². The van der Waals surface area contributed by atoms with E-state index in [4.69, 9.17) is 0 Å². The maximum Gasteiger partial charge on any atom is 0.242 e. The van der Waals surface area contributed by atoms with Crippen LogP contribution in [0.3, 0.4) is 0 Å². The number of hydrogen-bond donors (Lipinski definition) is 1. The molecule has 4 nitrogen and oxygen atoms in total. The van der Waals surface area contributed by atoms with Gasteiger partial charge in [0, 0.05) is 24.5 Å². The van der Waals surface area contributed by atoms with Crippen molar-refractivity contribution in [1.29, 1.82) is 0 Å². The second-order valence-corrected chi connectivity index (χ2v) is 8.59. The summed E-state index contributed by atoms with van der Waals surface area (Å²) in [6.45, 7) is 6.49. The van der Waals surface area contributed by atoms with Crippen LogP contribution in [0.2, 0.25) is 0 Å². The van der Waals surface area contributed by atoms with E-state index in [0.717, 1.165) is 6.54 Å². The molecule has 5 heteroatoms. The van der Waals surface area contributed by atoms with Crippen LogP contribution in [0.15, 0.2) is 23.4 Å². The summed E-state index contributed by atoms with van der Waals surface area (Å²) in [7, 11) is -3.41. The first-order valence-corrected chi connectivity index (χ1v) is 8.94. The van der Waals surface area contributed by atoms with E-state index in [1.165, 1.54) is 32.1 Å². The lowest BCUT2D eigenvalue weighted by atomic mass is 9.89. The van der Waals surface area contributed by atoms with Gasteiger partial charge in [0.15, 0.2) is 0 Å². The maximum atomic E-state index is 12.2. The second-order valence-electron chi connectivity index (χ2n) is 6.90. The van der Waals surface area contributed by atoms with E-state index < -0.39 is 15.6 Å². The highest BCUT2D eigenvalue weighted by Gasteiger charge is 2.23. The molecule has 1 heterocycles. The van der Waals surface area contributed by atoms with Crippen LogP contribution in [0.4, 0.5) is 0 Å². The first-order chi connectivity index (χ1) is 9.26. The summed E-state index contributed by atoms with van der Waals surface area (Å²) >= 11 is 0. The summed E-state index contributed by atoms with van der Waals surface area (Å²) in [5.74, 6) is 0.697. The molecule has 0 aliphatic heterocycles. The molecular formula is C15H26N2O2S. The van der Waals surface area contributed by atoms with Crippen LogP contribution in [0, 0.1) is 5.92 Å². The van der Waals surface area contributed by atoms with Gasteiger partial charge in [-0.15, -0.1) is 0 Å². The number of hydrogen-bond acceptors (Lipinski definition) is 2. The van der Waals surface area contributed by atoms with Crippen LogP contribution < -0.4 is 4.72 Å². The molecule has 1 N–H and O–H groups in total. The zero-order valence-corrected chi connectivity index (χ0v) is 13.5. The van der Waals surface area contributed by atoms with Gasteiger partial charge in [-0.05, 0) is 45.6 Å². The van der Waals surface area contributed by atoms with Gasteiger partial charge in [-0.2, -0.15) is 0 Å². The highest BCUT2D eigenvalue weighted by atomic mass is 32.2. The van der Waals surface area contributed by atoms with Gasteiger partial charge < -0.3 is 4.57 Å². The molecule has 1 aliphatic rings. The van der Waals surface area contributed by atoms with Gasteiger partial charge in [-0.1, -0.05) is 19.3 Å². The number of nitrogens with zero attached hydrogens (tertiary/aromatic N) is 1. The van der Waals surface area contributed by atoms with Gasteiger partial charge in [0.25, 0.3) is 0 Å². The molecule has 0 atom stereocenters. The van der Waals surface area contributed by atoms with Gasteiger partial charge in [-0.3, -0.25) is 0 Å². The molecule has 1 fully saturated rings. The van der Waals surface area contributed by atoms with Crippen molar-refractivity contribution in [3.63, 3.8) is 0 Å². The van der Waals surface area contributed by atoms with Crippen molar-refractivity contribution < 1.29 is 8.42 Å². The van der Waals surface area contributed by atoms with Crippen LogP contribution in [-0.4, -0.2) is 18.5 Å². The van der Waals surface area contributed by atoms with E-state index in [1.807, 2.05) is 31.5 Å². The average molecular weight is 298 g/mol. The van der Waals surface area contributed by atoms with Crippen molar-refractivity contribution in [2.24, 2.45) is 5.92 Å². The zero-order valence-electron chi connectivity index (χ0n) is 12.7. The van der Waals surface area contributed by atoms with E-state index in [1.54, 1.807) is 12.3 Å². The third-order valence-electron chi connectivity index (χ3n) is 3.67. The predicted octanol–water partition coefficient (Wildman–Crippen LogP) is 3.15. The predicted molar refractivity (Wildman–Crippen MR) is 81.1 cm³/mol. The van der Waals surface area contributed by atoms with Crippen LogP contribution in [0.1, 0.15) is 52.9 Å². The largest absolute Gasteiger partial charge is 0.353 e. The van der Waals surface area contributed by atoms with Crippen LogP contribution >= 0.6 is 0 Å². The first-order valence-electron chi connectivity index (χ1n) is 7.46. The Hall–Kier alpha value is -0.810. The van der Waals surface area contributed by atoms with E-state index in [2.05, 4.69) is 4.72 Å². The standard InChI is InChI=1S/C15H26N2O2S/c1-15(2,3)16-20(18,19)14-9-10-17(12-14)11-13-7-5-4-6-8-13/h9-10,12-13,16H,4-8,11H2,1-3H3. The van der Waals surface area contributed by atoms with Gasteiger partial charge in [0.2, 0.25) is 10.0 Å². The second kappa shape index (κ2) is 5.90. The van der Waals surface area contributed by atoms with Crippen molar-refractivity contribution in [2.45, 2.75) is 69.9 Å². The molecule has 20 heavy (non-hydrogen) atoms. The van der Waals surface area contributed by atoms with Crippen LogP contribution in [-0.2, 0) is 16.6 Å². The molecule has 0 aromatic carbocycles. The van der Waals surface area contributed by atoms with E-state index in [9.17, 15) is 8.42 Å². The summed E-state index contributed by atoms with van der Waals surface area (Å²) in [4.78, 5) is 0.364. The molecule has 0 spiro atoms.